The number of rotatable bonds is 22. The van der Waals surface area contributed by atoms with Gasteiger partial charge in [-0.2, -0.15) is 0 Å². The van der Waals surface area contributed by atoms with Crippen LogP contribution in [0.1, 0.15) is 123 Å². The van der Waals surface area contributed by atoms with Gasteiger partial charge in [-0.15, -0.1) is 0 Å². The third kappa shape index (κ3) is 15.9. The molecule has 0 unspecified atom stereocenters. The Hall–Kier alpha value is -4.98. The number of ether oxygens (including phenoxy) is 4. The van der Waals surface area contributed by atoms with Gasteiger partial charge in [0.1, 0.15) is 11.5 Å². The topological polar surface area (TPSA) is 105 Å². The van der Waals surface area contributed by atoms with Gasteiger partial charge in [-0.05, 0) is 84.7 Å². The summed E-state index contributed by atoms with van der Waals surface area (Å²) in [5.74, 6) is -1.42. The minimum Gasteiger partial charge on any atom is -0.463 e. The fourth-order valence-corrected chi connectivity index (χ4v) is 4.97. The minimum atomic E-state index is -0.602. The smallest absolute Gasteiger partial charge is 0.343 e. The average molecular weight is 683 g/mol. The minimum absolute atomic E-state index is 0.247. The van der Waals surface area contributed by atoms with Crippen molar-refractivity contribution in [2.24, 2.45) is 0 Å². The molecule has 0 heterocycles. The quantitative estimate of drug-likeness (QED) is 0.0446. The summed E-state index contributed by atoms with van der Waals surface area (Å²) in [6.45, 7) is 5.15. The highest BCUT2D eigenvalue weighted by Gasteiger charge is 2.13. The maximum atomic E-state index is 12.8. The molecular weight excluding hydrogens is 632 g/mol. The van der Waals surface area contributed by atoms with Crippen LogP contribution in [0.4, 0.5) is 0 Å². The van der Waals surface area contributed by atoms with Gasteiger partial charge in [0.15, 0.2) is 0 Å². The normalized spacial score (nSPS) is 11.1. The van der Waals surface area contributed by atoms with E-state index in [9.17, 15) is 19.2 Å². The van der Waals surface area contributed by atoms with Crippen LogP contribution in [-0.2, 0) is 19.1 Å². The zero-order valence-corrected chi connectivity index (χ0v) is 29.4. The molecule has 0 aliphatic carbocycles. The predicted molar refractivity (Wildman–Crippen MR) is 196 cm³/mol. The van der Waals surface area contributed by atoms with Gasteiger partial charge in [0.25, 0.3) is 0 Å². The van der Waals surface area contributed by atoms with Crippen LogP contribution in [0, 0.1) is 0 Å². The lowest BCUT2D eigenvalue weighted by atomic mass is 10.1. The van der Waals surface area contributed by atoms with Crippen molar-refractivity contribution in [3.8, 4) is 11.5 Å². The summed E-state index contributed by atoms with van der Waals surface area (Å²) in [6, 6.07) is 19.5. The van der Waals surface area contributed by atoms with Crippen molar-refractivity contribution in [1.29, 1.82) is 0 Å². The lowest BCUT2D eigenvalue weighted by molar-refractivity contribution is -0.138. The van der Waals surface area contributed by atoms with E-state index in [1.807, 2.05) is 0 Å². The molecule has 0 aliphatic rings. The van der Waals surface area contributed by atoms with Crippen molar-refractivity contribution in [3.63, 3.8) is 0 Å². The Labute approximate surface area is 296 Å². The molecule has 8 heteroatoms. The molecule has 8 nitrogen and oxygen atoms in total. The highest BCUT2D eigenvalue weighted by atomic mass is 16.5. The lowest BCUT2D eigenvalue weighted by Gasteiger charge is -2.07. The molecule has 0 bridgehead atoms. The second-order valence-corrected chi connectivity index (χ2v) is 12.0. The maximum absolute atomic E-state index is 12.8. The summed E-state index contributed by atoms with van der Waals surface area (Å²) < 4.78 is 21.6. The molecule has 0 N–H and O–H groups in total. The van der Waals surface area contributed by atoms with Gasteiger partial charge in [-0.25, -0.2) is 19.2 Å². The molecule has 0 aromatic heterocycles. The Balaban J connectivity index is 1.44. The van der Waals surface area contributed by atoms with Crippen LogP contribution in [0.5, 0.6) is 11.5 Å². The molecule has 0 saturated heterocycles. The Morgan fingerprint density at radius 1 is 0.500 bits per heavy atom. The van der Waals surface area contributed by atoms with Crippen molar-refractivity contribution in [2.75, 3.05) is 13.2 Å². The van der Waals surface area contributed by atoms with Crippen LogP contribution in [-0.4, -0.2) is 37.1 Å². The maximum Gasteiger partial charge on any atom is 0.343 e. The first-order valence-electron chi connectivity index (χ1n) is 17.8. The molecule has 0 aliphatic heterocycles. The van der Waals surface area contributed by atoms with Gasteiger partial charge >= 0.3 is 23.9 Å². The molecule has 3 rings (SSSR count). The van der Waals surface area contributed by atoms with Crippen LogP contribution < -0.4 is 9.47 Å². The van der Waals surface area contributed by atoms with E-state index >= 15 is 0 Å². The Kier molecular flexibility index (Phi) is 18.5. The van der Waals surface area contributed by atoms with E-state index in [-0.39, 0.29) is 11.1 Å². The number of hydrogen-bond acceptors (Lipinski definition) is 8. The number of carbonyl (C=O) groups excluding carboxylic acids is 4. The number of esters is 4. The first-order valence-corrected chi connectivity index (χ1v) is 17.8. The van der Waals surface area contributed by atoms with Crippen molar-refractivity contribution in [1.82, 2.24) is 0 Å². The number of unbranched alkanes of at least 4 members (excludes halogenated alkanes) is 10. The summed E-state index contributed by atoms with van der Waals surface area (Å²) in [6.07, 6.45) is 19.3. The molecule has 0 spiro atoms. The van der Waals surface area contributed by atoms with E-state index in [0.29, 0.717) is 35.8 Å². The molecule has 0 fully saturated rings. The van der Waals surface area contributed by atoms with Crippen LogP contribution >= 0.6 is 0 Å². The highest BCUT2D eigenvalue weighted by Crippen LogP contribution is 2.19. The van der Waals surface area contributed by atoms with Crippen molar-refractivity contribution in [2.45, 2.75) is 90.9 Å². The molecule has 266 valence electrons. The van der Waals surface area contributed by atoms with Crippen LogP contribution in [0.15, 0.2) is 84.9 Å². The first-order chi connectivity index (χ1) is 24.4. The molecule has 0 saturated carbocycles. The van der Waals surface area contributed by atoms with Gasteiger partial charge in [0.2, 0.25) is 0 Å². The standard InChI is InChI=1S/C42H50O8/c1-3-5-7-9-11-13-29-47-39(43)27-21-33-17-15-19-37(31-33)49-41(45)35-23-25-36(26-24-35)42(46)50-38-20-16-18-34(32-38)22-28-40(44)48-30-14-12-10-8-6-4-2/h15-28,31-32H,3-14,29-30H2,1-2H3/b27-21+,28-22+. The van der Waals surface area contributed by atoms with Crippen LogP contribution in [0.3, 0.4) is 0 Å². The van der Waals surface area contributed by atoms with Crippen LogP contribution in [0.25, 0.3) is 12.2 Å². The van der Waals surface area contributed by atoms with E-state index in [1.165, 1.54) is 74.9 Å². The summed E-state index contributed by atoms with van der Waals surface area (Å²) >= 11 is 0. The summed E-state index contributed by atoms with van der Waals surface area (Å²) in [7, 11) is 0. The predicted octanol–water partition coefficient (Wildman–Crippen LogP) is 9.96. The third-order valence-corrected chi connectivity index (χ3v) is 7.80. The fraction of sp³-hybridized carbons (Fsp3) is 0.381. The lowest BCUT2D eigenvalue weighted by Crippen LogP contribution is -2.11. The average Bonchev–Trinajstić information content (AvgIpc) is 3.12. The summed E-state index contributed by atoms with van der Waals surface area (Å²) in [4.78, 5) is 49.7. The van der Waals surface area contributed by atoms with E-state index < -0.39 is 23.9 Å². The fourth-order valence-electron chi connectivity index (χ4n) is 4.97. The molecule has 0 atom stereocenters. The largest absolute Gasteiger partial charge is 0.463 e. The number of hydrogen-bond donors (Lipinski definition) is 0. The monoisotopic (exact) mass is 682 g/mol. The number of benzene rings is 3. The van der Waals surface area contributed by atoms with Gasteiger partial charge in [-0.1, -0.05) is 102 Å². The molecular formula is C42H50O8. The van der Waals surface area contributed by atoms with Gasteiger partial charge < -0.3 is 18.9 Å². The molecule has 50 heavy (non-hydrogen) atoms. The van der Waals surface area contributed by atoms with Crippen molar-refractivity contribution >= 4 is 36.0 Å². The van der Waals surface area contributed by atoms with Crippen molar-refractivity contribution < 1.29 is 38.1 Å². The molecule has 0 amide bonds. The number of carbonyl (C=O) groups is 4. The molecule has 3 aromatic carbocycles. The van der Waals surface area contributed by atoms with E-state index in [2.05, 4.69) is 13.8 Å². The summed E-state index contributed by atoms with van der Waals surface area (Å²) in [5.41, 5.74) is 1.84. The van der Waals surface area contributed by atoms with E-state index in [0.717, 1.165) is 38.5 Å². The third-order valence-electron chi connectivity index (χ3n) is 7.80. The first kappa shape index (κ1) is 39.5. The second-order valence-electron chi connectivity index (χ2n) is 12.0. The SMILES string of the molecule is CCCCCCCCOC(=O)/C=C/c1cccc(OC(=O)c2ccc(C(=O)Oc3cccc(/C=C/C(=O)OCCCCCCCC)c3)cc2)c1. The van der Waals surface area contributed by atoms with Gasteiger partial charge in [0.05, 0.1) is 24.3 Å². The zero-order chi connectivity index (χ0) is 35.8. The van der Waals surface area contributed by atoms with E-state index in [1.54, 1.807) is 60.7 Å². The molecule has 3 aromatic rings. The second kappa shape index (κ2) is 23.4. The van der Waals surface area contributed by atoms with Crippen LogP contribution in [0.2, 0.25) is 0 Å². The zero-order valence-electron chi connectivity index (χ0n) is 29.4. The Morgan fingerprint density at radius 2 is 0.880 bits per heavy atom. The highest BCUT2D eigenvalue weighted by molar-refractivity contribution is 5.95. The van der Waals surface area contributed by atoms with Gasteiger partial charge in [0, 0.05) is 12.2 Å². The molecule has 0 radical (unpaired) electrons. The summed E-state index contributed by atoms with van der Waals surface area (Å²) in [5, 5.41) is 0. The van der Waals surface area contributed by atoms with Gasteiger partial charge in [-0.3, -0.25) is 0 Å². The van der Waals surface area contributed by atoms with E-state index in [4.69, 9.17) is 18.9 Å². The van der Waals surface area contributed by atoms with Crippen molar-refractivity contribution in [3.05, 3.63) is 107 Å². The Morgan fingerprint density at radius 3 is 1.28 bits per heavy atom. The Bertz CT molecular complexity index is 1440.